The van der Waals surface area contributed by atoms with Crippen LogP contribution in [0.3, 0.4) is 0 Å². The van der Waals surface area contributed by atoms with Gasteiger partial charge in [-0.3, -0.25) is 4.79 Å². The highest BCUT2D eigenvalue weighted by Crippen LogP contribution is 2.12. The van der Waals surface area contributed by atoms with Gasteiger partial charge in [0.25, 0.3) is 5.91 Å². The van der Waals surface area contributed by atoms with E-state index in [1.54, 1.807) is 12.1 Å². The number of nitrogens with two attached hydrogens (primary N) is 1. The Balaban J connectivity index is 1.81. The van der Waals surface area contributed by atoms with E-state index in [0.717, 1.165) is 11.8 Å². The van der Waals surface area contributed by atoms with Crippen LogP contribution in [-0.2, 0) is 35.8 Å². The van der Waals surface area contributed by atoms with Crippen LogP contribution < -0.4 is 10.5 Å². The minimum Gasteiger partial charge on any atom is -0.452 e. The van der Waals surface area contributed by atoms with Crippen LogP contribution in [0, 0.1) is 0 Å². The summed E-state index contributed by atoms with van der Waals surface area (Å²) in [5.74, 6) is -1.34. The molecule has 9 nitrogen and oxygen atoms in total. The molecule has 3 N–H and O–H groups in total. The molecular formula is C18H20N2O7S2. The van der Waals surface area contributed by atoms with Gasteiger partial charge in [0.2, 0.25) is 10.0 Å². The van der Waals surface area contributed by atoms with E-state index in [1.165, 1.54) is 36.4 Å². The molecular weight excluding hydrogens is 420 g/mol. The molecule has 0 saturated carbocycles. The topological polar surface area (TPSA) is 150 Å². The Bertz CT molecular complexity index is 1110. The standard InChI is InChI=1S/C18H20N2O7S2/c1-28(23,24)16-4-2-3-14(11-16)18(22)27-12-17(21)20-10-9-13-5-7-15(8-6-13)29(19,25)26/h2-8,11H,9-10,12H2,1H3,(H,20,21)(H2,19,25,26). The van der Waals surface area contributed by atoms with Crippen molar-refractivity contribution >= 4 is 31.7 Å². The van der Waals surface area contributed by atoms with E-state index < -0.39 is 38.3 Å². The summed E-state index contributed by atoms with van der Waals surface area (Å²) in [4.78, 5) is 23.8. The molecule has 0 aromatic heterocycles. The van der Waals surface area contributed by atoms with Crippen LogP contribution in [0.1, 0.15) is 15.9 Å². The number of nitrogens with one attached hydrogen (secondary N) is 1. The SMILES string of the molecule is CS(=O)(=O)c1cccc(C(=O)OCC(=O)NCCc2ccc(S(N)(=O)=O)cc2)c1. The highest BCUT2D eigenvalue weighted by Gasteiger charge is 2.14. The number of esters is 1. The number of sulfonamides is 1. The van der Waals surface area contributed by atoms with E-state index in [9.17, 15) is 26.4 Å². The number of hydrogen-bond donors (Lipinski definition) is 2. The third-order valence-corrected chi connectivity index (χ3v) is 5.86. The maximum absolute atomic E-state index is 12.0. The van der Waals surface area contributed by atoms with Crippen LogP contribution in [0.15, 0.2) is 58.3 Å². The molecule has 0 heterocycles. The normalized spacial score (nSPS) is 11.7. The smallest absolute Gasteiger partial charge is 0.338 e. The van der Waals surface area contributed by atoms with Crippen molar-refractivity contribution in [2.24, 2.45) is 5.14 Å². The Morgan fingerprint density at radius 2 is 1.66 bits per heavy atom. The summed E-state index contributed by atoms with van der Waals surface area (Å²) in [6.45, 7) is -0.277. The van der Waals surface area contributed by atoms with Crippen LogP contribution in [0.5, 0.6) is 0 Å². The maximum Gasteiger partial charge on any atom is 0.338 e. The fourth-order valence-corrected chi connectivity index (χ4v) is 3.49. The molecule has 0 aliphatic rings. The number of rotatable bonds is 8. The molecule has 0 atom stereocenters. The van der Waals surface area contributed by atoms with Crippen molar-refractivity contribution in [3.63, 3.8) is 0 Å². The molecule has 0 aliphatic carbocycles. The molecule has 11 heteroatoms. The van der Waals surface area contributed by atoms with Gasteiger partial charge >= 0.3 is 5.97 Å². The first-order valence-electron chi connectivity index (χ1n) is 8.32. The Kier molecular flexibility index (Phi) is 7.11. The van der Waals surface area contributed by atoms with Gasteiger partial charge in [-0.05, 0) is 42.3 Å². The number of primary sulfonamides is 1. The second-order valence-corrected chi connectivity index (χ2v) is 9.74. The minimum absolute atomic E-state index is 0.00265. The number of carbonyl (C=O) groups is 2. The number of ether oxygens (including phenoxy) is 1. The number of hydrogen-bond acceptors (Lipinski definition) is 7. The summed E-state index contributed by atoms with van der Waals surface area (Å²) < 4.78 is 50.3. The third kappa shape index (κ3) is 6.97. The lowest BCUT2D eigenvalue weighted by atomic mass is 10.1. The lowest BCUT2D eigenvalue weighted by molar-refractivity contribution is -0.124. The first-order chi connectivity index (χ1) is 13.5. The van der Waals surface area contributed by atoms with Crippen molar-refractivity contribution in [1.82, 2.24) is 5.32 Å². The average molecular weight is 440 g/mol. The van der Waals surface area contributed by atoms with Gasteiger partial charge in [0.15, 0.2) is 16.4 Å². The minimum atomic E-state index is -3.75. The van der Waals surface area contributed by atoms with Crippen molar-refractivity contribution < 1.29 is 31.2 Å². The molecule has 0 bridgehead atoms. The zero-order valence-electron chi connectivity index (χ0n) is 15.5. The molecule has 0 spiro atoms. The van der Waals surface area contributed by atoms with Crippen molar-refractivity contribution in [3.05, 3.63) is 59.7 Å². The van der Waals surface area contributed by atoms with Gasteiger partial charge < -0.3 is 10.1 Å². The molecule has 2 rings (SSSR count). The molecule has 2 aromatic rings. The molecule has 156 valence electrons. The Morgan fingerprint density at radius 1 is 1.00 bits per heavy atom. The average Bonchev–Trinajstić information content (AvgIpc) is 2.65. The van der Waals surface area contributed by atoms with Crippen LogP contribution >= 0.6 is 0 Å². The highest BCUT2D eigenvalue weighted by atomic mass is 32.2. The van der Waals surface area contributed by atoms with Crippen LogP contribution in [0.2, 0.25) is 0 Å². The van der Waals surface area contributed by atoms with Crippen molar-refractivity contribution in [2.45, 2.75) is 16.2 Å². The monoisotopic (exact) mass is 440 g/mol. The molecule has 0 radical (unpaired) electrons. The fraction of sp³-hybridized carbons (Fsp3) is 0.222. The maximum atomic E-state index is 12.0. The predicted molar refractivity (Wildman–Crippen MR) is 104 cm³/mol. The summed E-state index contributed by atoms with van der Waals surface area (Å²) in [5, 5.41) is 7.58. The fourth-order valence-electron chi connectivity index (χ4n) is 2.31. The van der Waals surface area contributed by atoms with Crippen molar-refractivity contribution in [3.8, 4) is 0 Å². The van der Waals surface area contributed by atoms with Gasteiger partial charge in [0.05, 0.1) is 15.4 Å². The Labute approximate surface area is 168 Å². The lowest BCUT2D eigenvalue weighted by Crippen LogP contribution is -2.30. The van der Waals surface area contributed by atoms with E-state index >= 15 is 0 Å². The van der Waals surface area contributed by atoms with Crippen molar-refractivity contribution in [2.75, 3.05) is 19.4 Å². The van der Waals surface area contributed by atoms with E-state index in [1.807, 2.05) is 0 Å². The van der Waals surface area contributed by atoms with Gasteiger partial charge in [-0.2, -0.15) is 0 Å². The second-order valence-electron chi connectivity index (χ2n) is 6.17. The van der Waals surface area contributed by atoms with Gasteiger partial charge in [0.1, 0.15) is 0 Å². The lowest BCUT2D eigenvalue weighted by Gasteiger charge is -2.08. The molecule has 0 fully saturated rings. The quantitative estimate of drug-likeness (QED) is 0.559. The Morgan fingerprint density at radius 3 is 2.24 bits per heavy atom. The number of amides is 1. The van der Waals surface area contributed by atoms with Crippen LogP contribution in [-0.4, -0.2) is 48.1 Å². The first kappa shape index (κ1) is 22.5. The second kappa shape index (κ2) is 9.16. The number of sulfone groups is 1. The van der Waals surface area contributed by atoms with E-state index in [0.29, 0.717) is 6.42 Å². The summed E-state index contributed by atoms with van der Waals surface area (Å²) >= 11 is 0. The molecule has 29 heavy (non-hydrogen) atoms. The number of carbonyl (C=O) groups excluding carboxylic acids is 2. The largest absolute Gasteiger partial charge is 0.452 e. The molecule has 1 amide bonds. The number of benzene rings is 2. The van der Waals surface area contributed by atoms with E-state index in [-0.39, 0.29) is 21.9 Å². The molecule has 0 unspecified atom stereocenters. The van der Waals surface area contributed by atoms with E-state index in [2.05, 4.69) is 5.32 Å². The highest BCUT2D eigenvalue weighted by molar-refractivity contribution is 7.90. The van der Waals surface area contributed by atoms with Gasteiger partial charge in [-0.25, -0.2) is 26.8 Å². The van der Waals surface area contributed by atoms with Crippen molar-refractivity contribution in [1.29, 1.82) is 0 Å². The van der Waals surface area contributed by atoms with Crippen LogP contribution in [0.25, 0.3) is 0 Å². The van der Waals surface area contributed by atoms with Gasteiger partial charge in [-0.1, -0.05) is 18.2 Å². The summed E-state index contributed by atoms with van der Waals surface area (Å²) in [7, 11) is -7.22. The first-order valence-corrected chi connectivity index (χ1v) is 11.8. The summed E-state index contributed by atoms with van der Waals surface area (Å²) in [6.07, 6.45) is 1.45. The molecule has 0 saturated heterocycles. The molecule has 2 aromatic carbocycles. The van der Waals surface area contributed by atoms with Crippen LogP contribution in [0.4, 0.5) is 0 Å². The zero-order chi connectivity index (χ0) is 21.7. The molecule has 0 aliphatic heterocycles. The van der Waals surface area contributed by atoms with E-state index in [4.69, 9.17) is 9.88 Å². The Hall–Kier alpha value is -2.76. The third-order valence-electron chi connectivity index (χ3n) is 3.82. The predicted octanol–water partition coefficient (Wildman–Crippen LogP) is 0.253. The van der Waals surface area contributed by atoms with Gasteiger partial charge in [0, 0.05) is 12.8 Å². The van der Waals surface area contributed by atoms with Gasteiger partial charge in [-0.15, -0.1) is 0 Å². The zero-order valence-corrected chi connectivity index (χ0v) is 17.1. The summed E-state index contributed by atoms with van der Waals surface area (Å²) in [6, 6.07) is 11.3. The summed E-state index contributed by atoms with van der Waals surface area (Å²) in [5.41, 5.74) is 0.808.